The summed E-state index contributed by atoms with van der Waals surface area (Å²) >= 11 is 0. The summed E-state index contributed by atoms with van der Waals surface area (Å²) in [6.07, 6.45) is 8.77. The molecule has 24 heavy (non-hydrogen) atoms. The number of carbonyl (C=O) groups excluding carboxylic acids is 1. The minimum Gasteiger partial charge on any atom is -0.378 e. The van der Waals surface area contributed by atoms with Crippen LogP contribution in [-0.2, 0) is 9.53 Å². The van der Waals surface area contributed by atoms with Gasteiger partial charge in [-0.25, -0.2) is 14.6 Å². The van der Waals surface area contributed by atoms with Gasteiger partial charge in [-0.05, 0) is 19.0 Å². The zero-order valence-corrected chi connectivity index (χ0v) is 13.8. The number of carbonyl (C=O) groups is 1. The Morgan fingerprint density at radius 2 is 2.25 bits per heavy atom. The van der Waals surface area contributed by atoms with Crippen molar-refractivity contribution in [1.82, 2.24) is 24.6 Å². The second-order valence-corrected chi connectivity index (χ2v) is 5.69. The van der Waals surface area contributed by atoms with Gasteiger partial charge in [-0.1, -0.05) is 13.3 Å². The molecule has 8 heteroatoms. The van der Waals surface area contributed by atoms with Gasteiger partial charge in [0.25, 0.3) is 0 Å². The molecule has 8 nitrogen and oxygen atoms in total. The quantitative estimate of drug-likeness (QED) is 0.854. The minimum absolute atomic E-state index is 0.0701. The number of nitrogens with one attached hydrogen (secondary N) is 1. The Balaban J connectivity index is 1.64. The highest BCUT2D eigenvalue weighted by molar-refractivity contribution is 5.94. The fraction of sp³-hybridized carbons (Fsp3) is 0.500. The first-order valence-electron chi connectivity index (χ1n) is 8.22. The van der Waals surface area contributed by atoms with Crippen LogP contribution in [0.15, 0.2) is 30.9 Å². The van der Waals surface area contributed by atoms with Gasteiger partial charge >= 0.3 is 0 Å². The fourth-order valence-corrected chi connectivity index (χ4v) is 2.64. The van der Waals surface area contributed by atoms with Crippen LogP contribution in [0.5, 0.6) is 0 Å². The van der Waals surface area contributed by atoms with Gasteiger partial charge in [-0.3, -0.25) is 9.69 Å². The lowest BCUT2D eigenvalue weighted by atomic mass is 10.2. The number of aromatic nitrogens is 4. The van der Waals surface area contributed by atoms with E-state index in [-0.39, 0.29) is 11.9 Å². The summed E-state index contributed by atoms with van der Waals surface area (Å²) in [6, 6.07) is 1.48. The molecular weight excluding hydrogens is 308 g/mol. The molecule has 3 heterocycles. The molecule has 0 aliphatic carbocycles. The van der Waals surface area contributed by atoms with E-state index in [4.69, 9.17) is 4.74 Å². The predicted molar refractivity (Wildman–Crippen MR) is 88.9 cm³/mol. The van der Waals surface area contributed by atoms with Crippen LogP contribution >= 0.6 is 0 Å². The number of hydrogen-bond donors (Lipinski definition) is 1. The maximum atomic E-state index is 12.6. The number of amides is 1. The van der Waals surface area contributed by atoms with Crippen LogP contribution in [-0.4, -0.2) is 62.9 Å². The molecule has 0 bridgehead atoms. The molecule has 1 amide bonds. The van der Waals surface area contributed by atoms with E-state index in [9.17, 15) is 4.79 Å². The van der Waals surface area contributed by atoms with Crippen molar-refractivity contribution < 1.29 is 9.53 Å². The number of rotatable bonds is 6. The monoisotopic (exact) mass is 330 g/mol. The van der Waals surface area contributed by atoms with Crippen LogP contribution in [0.4, 0.5) is 5.69 Å². The first kappa shape index (κ1) is 16.5. The summed E-state index contributed by atoms with van der Waals surface area (Å²) < 4.78 is 7.01. The van der Waals surface area contributed by atoms with Gasteiger partial charge in [0.05, 0.1) is 31.3 Å². The Kier molecular flexibility index (Phi) is 5.50. The molecule has 1 saturated heterocycles. The van der Waals surface area contributed by atoms with Crippen LogP contribution in [0.25, 0.3) is 5.95 Å². The number of anilines is 1. The molecule has 3 rings (SSSR count). The summed E-state index contributed by atoms with van der Waals surface area (Å²) in [5.41, 5.74) is 0.619. The summed E-state index contributed by atoms with van der Waals surface area (Å²) in [7, 11) is 0. The zero-order chi connectivity index (χ0) is 16.8. The first-order valence-corrected chi connectivity index (χ1v) is 8.22. The largest absolute Gasteiger partial charge is 0.378 e. The molecule has 0 radical (unpaired) electrons. The van der Waals surface area contributed by atoms with Crippen molar-refractivity contribution >= 4 is 11.6 Å². The Morgan fingerprint density at radius 3 is 3.04 bits per heavy atom. The number of unbranched alkanes of at least 4 members (excludes halogenated alkanes) is 1. The molecule has 1 unspecified atom stereocenters. The molecule has 1 aliphatic rings. The number of hydrogen-bond acceptors (Lipinski definition) is 6. The highest BCUT2D eigenvalue weighted by Gasteiger charge is 2.29. The van der Waals surface area contributed by atoms with Crippen molar-refractivity contribution in [2.24, 2.45) is 0 Å². The van der Waals surface area contributed by atoms with Crippen molar-refractivity contribution in [3.8, 4) is 5.95 Å². The van der Waals surface area contributed by atoms with E-state index in [1.165, 1.54) is 4.68 Å². The van der Waals surface area contributed by atoms with Crippen LogP contribution in [0.3, 0.4) is 0 Å². The van der Waals surface area contributed by atoms with Gasteiger partial charge < -0.3 is 10.1 Å². The van der Waals surface area contributed by atoms with Crippen LogP contribution < -0.4 is 5.32 Å². The maximum Gasteiger partial charge on any atom is 0.250 e. The van der Waals surface area contributed by atoms with Crippen molar-refractivity contribution in [1.29, 1.82) is 0 Å². The minimum atomic E-state index is -0.262. The predicted octanol–water partition coefficient (Wildman–Crippen LogP) is 1.10. The van der Waals surface area contributed by atoms with Crippen molar-refractivity contribution in [3.63, 3.8) is 0 Å². The Hall–Kier alpha value is -2.32. The lowest BCUT2D eigenvalue weighted by molar-refractivity contribution is -0.127. The second-order valence-electron chi connectivity index (χ2n) is 5.69. The van der Waals surface area contributed by atoms with Gasteiger partial charge in [0.2, 0.25) is 11.9 Å². The lowest BCUT2D eigenvalue weighted by Crippen LogP contribution is -2.52. The fourth-order valence-electron chi connectivity index (χ4n) is 2.64. The average molecular weight is 330 g/mol. The molecular formula is C16H22N6O2. The highest BCUT2D eigenvalue weighted by atomic mass is 16.5. The van der Waals surface area contributed by atoms with E-state index in [1.807, 2.05) is 0 Å². The number of ether oxygens (including phenoxy) is 1. The maximum absolute atomic E-state index is 12.6. The third-order valence-electron chi connectivity index (χ3n) is 3.95. The van der Waals surface area contributed by atoms with Crippen LogP contribution in [0.2, 0.25) is 0 Å². The summed E-state index contributed by atoms with van der Waals surface area (Å²) in [4.78, 5) is 23.0. The van der Waals surface area contributed by atoms with Gasteiger partial charge in [-0.2, -0.15) is 5.10 Å². The highest BCUT2D eigenvalue weighted by Crippen LogP contribution is 2.13. The topological polar surface area (TPSA) is 85.2 Å². The summed E-state index contributed by atoms with van der Waals surface area (Å²) in [5, 5.41) is 7.09. The molecule has 1 fully saturated rings. The van der Waals surface area contributed by atoms with Crippen molar-refractivity contribution in [2.45, 2.75) is 25.8 Å². The van der Waals surface area contributed by atoms with E-state index in [2.05, 4.69) is 32.2 Å². The average Bonchev–Trinajstić information content (AvgIpc) is 3.09. The smallest absolute Gasteiger partial charge is 0.250 e. The van der Waals surface area contributed by atoms with E-state index < -0.39 is 0 Å². The van der Waals surface area contributed by atoms with Crippen molar-refractivity contribution in [3.05, 3.63) is 30.9 Å². The zero-order valence-electron chi connectivity index (χ0n) is 13.8. The molecule has 0 spiro atoms. The molecule has 1 atom stereocenters. The number of nitrogens with zero attached hydrogens (tertiary/aromatic N) is 5. The standard InChI is InChI=1S/C16H22N6O2/c1-2-3-7-21-8-9-24-12-14(21)15(23)20-13-10-19-22(11-13)16-17-5-4-6-18-16/h4-6,10-11,14H,2-3,7-9,12H2,1H3,(H,20,23). The molecule has 0 aromatic carbocycles. The second kappa shape index (κ2) is 7.98. The lowest BCUT2D eigenvalue weighted by Gasteiger charge is -2.34. The molecule has 1 aliphatic heterocycles. The van der Waals surface area contributed by atoms with E-state index >= 15 is 0 Å². The summed E-state index contributed by atoms with van der Waals surface area (Å²) in [5.74, 6) is 0.392. The molecule has 128 valence electrons. The molecule has 2 aromatic rings. The van der Waals surface area contributed by atoms with E-state index in [0.29, 0.717) is 24.8 Å². The van der Waals surface area contributed by atoms with Crippen molar-refractivity contribution in [2.75, 3.05) is 31.6 Å². The SMILES string of the molecule is CCCCN1CCOCC1C(=O)Nc1cnn(-c2ncccn2)c1. The van der Waals surface area contributed by atoms with Gasteiger partial charge in [0.15, 0.2) is 0 Å². The first-order chi connectivity index (χ1) is 11.8. The van der Waals surface area contributed by atoms with Gasteiger partial charge in [0.1, 0.15) is 6.04 Å². The van der Waals surface area contributed by atoms with Crippen LogP contribution in [0.1, 0.15) is 19.8 Å². The molecule has 2 aromatic heterocycles. The van der Waals surface area contributed by atoms with E-state index in [0.717, 1.165) is 25.9 Å². The number of morpholine rings is 1. The third kappa shape index (κ3) is 3.95. The van der Waals surface area contributed by atoms with Crippen LogP contribution in [0, 0.1) is 0 Å². The normalized spacial score (nSPS) is 18.5. The van der Waals surface area contributed by atoms with Gasteiger partial charge in [-0.15, -0.1) is 0 Å². The van der Waals surface area contributed by atoms with Gasteiger partial charge in [0, 0.05) is 18.9 Å². The summed E-state index contributed by atoms with van der Waals surface area (Å²) in [6.45, 7) is 4.95. The molecule has 0 saturated carbocycles. The van der Waals surface area contributed by atoms with E-state index in [1.54, 1.807) is 30.9 Å². The Morgan fingerprint density at radius 1 is 1.42 bits per heavy atom. The molecule has 1 N–H and O–H groups in total. The third-order valence-corrected chi connectivity index (χ3v) is 3.95. The Labute approximate surface area is 140 Å². The Bertz CT molecular complexity index is 660.